The van der Waals surface area contributed by atoms with Gasteiger partial charge in [-0.25, -0.2) is 4.39 Å². The van der Waals surface area contributed by atoms with Crippen molar-refractivity contribution >= 4 is 10.9 Å². The van der Waals surface area contributed by atoms with E-state index in [0.29, 0.717) is 11.1 Å². The van der Waals surface area contributed by atoms with Crippen molar-refractivity contribution in [2.45, 2.75) is 48.0 Å². The van der Waals surface area contributed by atoms with E-state index in [0.717, 1.165) is 11.1 Å². The predicted octanol–water partition coefficient (Wildman–Crippen LogP) is 5.01. The molecule has 1 heterocycles. The summed E-state index contributed by atoms with van der Waals surface area (Å²) < 4.78 is 13.0. The first-order valence-corrected chi connectivity index (χ1v) is 6.21. The summed E-state index contributed by atoms with van der Waals surface area (Å²) in [5.41, 5.74) is 2.33. The Morgan fingerprint density at radius 3 is 2.29 bits per heavy atom. The maximum Gasteiger partial charge on any atom is 0.128 e. The third kappa shape index (κ3) is 4.17. The second-order valence-electron chi connectivity index (χ2n) is 3.67. The van der Waals surface area contributed by atoms with Crippen molar-refractivity contribution in [1.82, 2.24) is 10.2 Å². The summed E-state index contributed by atoms with van der Waals surface area (Å²) in [5, 5.41) is 7.76. The molecule has 0 aliphatic carbocycles. The first-order valence-electron chi connectivity index (χ1n) is 6.21. The van der Waals surface area contributed by atoms with Crippen LogP contribution in [-0.2, 0) is 0 Å². The number of aromatic amines is 1. The lowest BCUT2D eigenvalue weighted by Gasteiger charge is -1.95. The second-order valence-corrected chi connectivity index (χ2v) is 3.67. The van der Waals surface area contributed by atoms with Crippen LogP contribution in [0.3, 0.4) is 0 Å². The molecule has 2 rings (SSSR count). The first kappa shape index (κ1) is 15.6. The maximum atomic E-state index is 13.0. The van der Waals surface area contributed by atoms with E-state index in [2.05, 4.69) is 24.0 Å². The van der Waals surface area contributed by atoms with Gasteiger partial charge in [0.2, 0.25) is 0 Å². The molecule has 98 valence electrons. The number of benzene rings is 1. The van der Waals surface area contributed by atoms with E-state index < -0.39 is 0 Å². The Balaban J connectivity index is 0. The Morgan fingerprint density at radius 2 is 1.76 bits per heavy atom. The van der Waals surface area contributed by atoms with E-state index in [-0.39, 0.29) is 7.24 Å². The maximum absolute atomic E-state index is 13.0. The zero-order valence-electron chi connectivity index (χ0n) is 11.7. The van der Waals surface area contributed by atoms with Gasteiger partial charge in [-0.05, 0) is 25.5 Å². The molecule has 1 aromatic carbocycles. The summed E-state index contributed by atoms with van der Waals surface area (Å²) in [6.45, 7) is 11.9. The number of halogens is 1. The summed E-state index contributed by atoms with van der Waals surface area (Å²) in [6, 6.07) is 3.26. The summed E-state index contributed by atoms with van der Waals surface area (Å²) in [4.78, 5) is 0. The average molecular weight is 240 g/mol. The van der Waals surface area contributed by atoms with Gasteiger partial charge in [-0.2, -0.15) is 5.10 Å². The lowest BCUT2D eigenvalue weighted by atomic mass is 10.1. The molecular formula is C14H25FN2. The monoisotopic (exact) mass is 240 g/mol. The SMILES string of the molecule is CC.CCC.Cc1cc2c(C)[nH]nc2cc1F.[HH]. The smallest absolute Gasteiger partial charge is 0.128 e. The third-order valence-electron chi connectivity index (χ3n) is 2.03. The number of rotatable bonds is 0. The van der Waals surface area contributed by atoms with Crippen LogP contribution in [0.5, 0.6) is 0 Å². The number of H-pyrrole nitrogens is 1. The topological polar surface area (TPSA) is 28.7 Å². The van der Waals surface area contributed by atoms with E-state index in [1.54, 1.807) is 6.92 Å². The van der Waals surface area contributed by atoms with Crippen LogP contribution in [0.2, 0.25) is 0 Å². The standard InChI is InChI=1S/C9H9FN2.C3H8.C2H6.H2/c1-5-3-7-6(2)11-12-9(7)4-8(5)10;1-3-2;1-2;/h3-4H,1-2H3,(H,11,12);3H2,1-2H3;1-2H3;1H. The highest BCUT2D eigenvalue weighted by atomic mass is 19.1. The van der Waals surface area contributed by atoms with E-state index in [1.165, 1.54) is 12.5 Å². The predicted molar refractivity (Wildman–Crippen MR) is 75.0 cm³/mol. The van der Waals surface area contributed by atoms with Crippen LogP contribution in [0, 0.1) is 19.7 Å². The van der Waals surface area contributed by atoms with E-state index >= 15 is 0 Å². The normalized spacial score (nSPS) is 9.12. The number of fused-ring (bicyclic) bond motifs is 1. The molecule has 3 heteroatoms. The zero-order valence-corrected chi connectivity index (χ0v) is 11.7. The van der Waals surface area contributed by atoms with Crippen LogP contribution >= 0.6 is 0 Å². The molecule has 0 saturated heterocycles. The van der Waals surface area contributed by atoms with Gasteiger partial charge >= 0.3 is 0 Å². The van der Waals surface area contributed by atoms with Crippen molar-refractivity contribution in [1.29, 1.82) is 0 Å². The number of nitrogens with one attached hydrogen (secondary N) is 1. The van der Waals surface area contributed by atoms with Crippen LogP contribution < -0.4 is 0 Å². The molecule has 0 fully saturated rings. The molecule has 0 amide bonds. The Hall–Kier alpha value is -1.38. The molecule has 0 aliphatic rings. The van der Waals surface area contributed by atoms with Crippen molar-refractivity contribution in [3.63, 3.8) is 0 Å². The molecule has 17 heavy (non-hydrogen) atoms. The van der Waals surface area contributed by atoms with Gasteiger partial charge in [0.05, 0.1) is 5.52 Å². The van der Waals surface area contributed by atoms with Gasteiger partial charge < -0.3 is 0 Å². The molecule has 0 atom stereocenters. The van der Waals surface area contributed by atoms with Crippen molar-refractivity contribution in [3.8, 4) is 0 Å². The minimum Gasteiger partial charge on any atom is -0.282 e. The molecule has 1 aromatic heterocycles. The highest BCUT2D eigenvalue weighted by Gasteiger charge is 2.04. The van der Waals surface area contributed by atoms with Gasteiger partial charge in [-0.3, -0.25) is 5.10 Å². The Labute approximate surface area is 105 Å². The quantitative estimate of drug-likeness (QED) is 0.689. The second kappa shape index (κ2) is 7.82. The van der Waals surface area contributed by atoms with Crippen LogP contribution in [0.4, 0.5) is 4.39 Å². The van der Waals surface area contributed by atoms with E-state index in [1.807, 2.05) is 26.8 Å². The third-order valence-corrected chi connectivity index (χ3v) is 2.03. The summed E-state index contributed by atoms with van der Waals surface area (Å²) in [7, 11) is 0. The number of aromatic nitrogens is 2. The highest BCUT2D eigenvalue weighted by molar-refractivity contribution is 5.81. The molecule has 0 radical (unpaired) electrons. The number of aryl methyl sites for hydroxylation is 2. The van der Waals surface area contributed by atoms with Crippen molar-refractivity contribution in [2.24, 2.45) is 0 Å². The number of hydrogen-bond acceptors (Lipinski definition) is 1. The number of nitrogens with zero attached hydrogens (tertiary/aromatic N) is 1. The molecule has 0 bridgehead atoms. The molecular weight excluding hydrogens is 215 g/mol. The van der Waals surface area contributed by atoms with Gasteiger partial charge in [0.15, 0.2) is 0 Å². The largest absolute Gasteiger partial charge is 0.282 e. The van der Waals surface area contributed by atoms with Gasteiger partial charge in [-0.1, -0.05) is 34.1 Å². The van der Waals surface area contributed by atoms with Crippen LogP contribution in [0.25, 0.3) is 10.9 Å². The molecule has 0 spiro atoms. The van der Waals surface area contributed by atoms with Crippen molar-refractivity contribution in [3.05, 3.63) is 29.2 Å². The minimum absolute atomic E-state index is 0. The van der Waals surface area contributed by atoms with Crippen molar-refractivity contribution < 1.29 is 5.82 Å². The van der Waals surface area contributed by atoms with Gasteiger partial charge in [0.1, 0.15) is 5.82 Å². The first-order chi connectivity index (χ1) is 8.10. The van der Waals surface area contributed by atoms with E-state index in [9.17, 15) is 4.39 Å². The van der Waals surface area contributed by atoms with Gasteiger partial charge in [-0.15, -0.1) is 0 Å². The highest BCUT2D eigenvalue weighted by Crippen LogP contribution is 2.18. The number of hydrogen-bond donors (Lipinski definition) is 1. The van der Waals surface area contributed by atoms with Crippen LogP contribution in [-0.4, -0.2) is 10.2 Å². The molecule has 0 unspecified atom stereocenters. The Bertz CT molecular complexity index is 452. The lowest BCUT2D eigenvalue weighted by Crippen LogP contribution is -1.81. The Kier molecular flexibility index (Phi) is 7.19. The minimum atomic E-state index is -0.200. The molecule has 1 N–H and O–H groups in total. The molecule has 0 aliphatic heterocycles. The lowest BCUT2D eigenvalue weighted by molar-refractivity contribution is 0.620. The average Bonchev–Trinajstić information content (AvgIpc) is 2.65. The molecule has 2 nitrogen and oxygen atoms in total. The van der Waals surface area contributed by atoms with Gasteiger partial charge in [0, 0.05) is 18.6 Å². The van der Waals surface area contributed by atoms with E-state index in [4.69, 9.17) is 0 Å². The summed E-state index contributed by atoms with van der Waals surface area (Å²) in [5.74, 6) is -0.200. The van der Waals surface area contributed by atoms with Gasteiger partial charge in [0.25, 0.3) is 0 Å². The molecule has 0 saturated carbocycles. The fourth-order valence-corrected chi connectivity index (χ4v) is 1.27. The fourth-order valence-electron chi connectivity index (χ4n) is 1.27. The molecule has 2 aromatic rings. The van der Waals surface area contributed by atoms with Crippen molar-refractivity contribution in [2.75, 3.05) is 0 Å². The zero-order chi connectivity index (χ0) is 13.4. The Morgan fingerprint density at radius 1 is 1.24 bits per heavy atom. The fraction of sp³-hybridized carbons (Fsp3) is 0.500. The summed E-state index contributed by atoms with van der Waals surface area (Å²) >= 11 is 0. The van der Waals surface area contributed by atoms with Crippen LogP contribution in [0.15, 0.2) is 12.1 Å². The van der Waals surface area contributed by atoms with Crippen LogP contribution in [0.1, 0.15) is 46.8 Å². The summed E-state index contributed by atoms with van der Waals surface area (Å²) in [6.07, 6.45) is 1.25.